The molecule has 6 rings (SSSR count). The smallest absolute Gasteiger partial charge is 0.229 e. The molecule has 5 heterocycles. The van der Waals surface area contributed by atoms with Crippen LogP contribution >= 0.6 is 0 Å². The van der Waals surface area contributed by atoms with Gasteiger partial charge in [0.05, 0.1) is 0 Å². The van der Waals surface area contributed by atoms with E-state index >= 15 is 0 Å². The van der Waals surface area contributed by atoms with Crippen LogP contribution < -0.4 is 16.0 Å². The van der Waals surface area contributed by atoms with Crippen LogP contribution in [0, 0.1) is 6.92 Å². The Labute approximate surface area is 210 Å². The SMILES string of the molecule is Cc1cccc(-c2nccc(Nc3ccnc(Nc4ccc(CN5CC6CCC(C5)N6)cc4)n3)n2)n1. The molecule has 0 spiro atoms. The van der Waals surface area contributed by atoms with Gasteiger partial charge in [-0.25, -0.2) is 19.9 Å². The summed E-state index contributed by atoms with van der Waals surface area (Å²) in [5, 5.41) is 10.2. The molecule has 2 aliphatic heterocycles. The van der Waals surface area contributed by atoms with E-state index in [0.717, 1.165) is 36.7 Å². The number of piperazine rings is 1. The van der Waals surface area contributed by atoms with E-state index in [4.69, 9.17) is 0 Å². The average molecular weight is 480 g/mol. The van der Waals surface area contributed by atoms with Gasteiger partial charge in [0, 0.05) is 55.5 Å². The molecular weight excluding hydrogens is 450 g/mol. The fourth-order valence-corrected chi connectivity index (χ4v) is 4.94. The summed E-state index contributed by atoms with van der Waals surface area (Å²) >= 11 is 0. The molecule has 2 aliphatic rings. The summed E-state index contributed by atoms with van der Waals surface area (Å²) in [6, 6.07) is 19.3. The maximum Gasteiger partial charge on any atom is 0.229 e. The van der Waals surface area contributed by atoms with E-state index in [9.17, 15) is 0 Å². The Kier molecular flexibility index (Phi) is 6.23. The monoisotopic (exact) mass is 479 g/mol. The standard InChI is InChI=1S/C27H29N9/c1-18-3-2-4-23(30-18)26-28-13-11-24(34-26)33-25-12-14-29-27(35-25)32-20-7-5-19(6-8-20)15-36-16-21-9-10-22(17-36)31-21/h2-8,11-14,21-22,31H,9-10,15-17H2,1H3,(H2,28,29,32,33,34,35). The number of rotatable bonds is 7. The van der Waals surface area contributed by atoms with Gasteiger partial charge in [-0.2, -0.15) is 4.98 Å². The number of fused-ring (bicyclic) bond motifs is 2. The lowest BCUT2D eigenvalue weighted by Crippen LogP contribution is -2.50. The second kappa shape index (κ2) is 9.96. The van der Waals surface area contributed by atoms with Crippen molar-refractivity contribution in [1.29, 1.82) is 0 Å². The molecule has 0 radical (unpaired) electrons. The molecular formula is C27H29N9. The molecule has 2 fully saturated rings. The van der Waals surface area contributed by atoms with Gasteiger partial charge in [-0.15, -0.1) is 0 Å². The van der Waals surface area contributed by atoms with Gasteiger partial charge in [0.2, 0.25) is 5.95 Å². The first-order valence-corrected chi connectivity index (χ1v) is 12.4. The van der Waals surface area contributed by atoms with E-state index in [2.05, 4.69) is 70.0 Å². The number of anilines is 4. The summed E-state index contributed by atoms with van der Waals surface area (Å²) in [5.41, 5.74) is 3.92. The van der Waals surface area contributed by atoms with E-state index < -0.39 is 0 Å². The van der Waals surface area contributed by atoms with Crippen LogP contribution in [0.4, 0.5) is 23.3 Å². The Balaban J connectivity index is 1.09. The number of hydrogen-bond acceptors (Lipinski definition) is 9. The topological polar surface area (TPSA) is 104 Å². The van der Waals surface area contributed by atoms with Crippen LogP contribution in [-0.2, 0) is 6.54 Å². The highest BCUT2D eigenvalue weighted by molar-refractivity contribution is 5.59. The zero-order chi connectivity index (χ0) is 24.3. The molecule has 3 aromatic heterocycles. The van der Waals surface area contributed by atoms with E-state index in [1.807, 2.05) is 31.2 Å². The number of likely N-dealkylation sites (tertiary alicyclic amines) is 1. The third-order valence-corrected chi connectivity index (χ3v) is 6.59. The van der Waals surface area contributed by atoms with Crippen molar-refractivity contribution in [2.24, 2.45) is 0 Å². The van der Waals surface area contributed by atoms with Crippen molar-refractivity contribution < 1.29 is 0 Å². The van der Waals surface area contributed by atoms with Crippen LogP contribution in [0.2, 0.25) is 0 Å². The normalized spacial score (nSPS) is 19.2. The predicted molar refractivity (Wildman–Crippen MR) is 140 cm³/mol. The third kappa shape index (κ3) is 5.32. The third-order valence-electron chi connectivity index (χ3n) is 6.59. The van der Waals surface area contributed by atoms with E-state index in [1.165, 1.54) is 18.4 Å². The van der Waals surface area contributed by atoms with Crippen molar-refractivity contribution in [1.82, 2.24) is 35.1 Å². The average Bonchev–Trinajstić information content (AvgIpc) is 3.23. The molecule has 2 atom stereocenters. The van der Waals surface area contributed by atoms with Crippen LogP contribution in [0.3, 0.4) is 0 Å². The van der Waals surface area contributed by atoms with Crippen LogP contribution in [0.25, 0.3) is 11.5 Å². The van der Waals surface area contributed by atoms with Crippen molar-refractivity contribution in [3.63, 3.8) is 0 Å². The molecule has 2 saturated heterocycles. The Bertz CT molecular complexity index is 1330. The number of hydrogen-bond donors (Lipinski definition) is 3. The molecule has 36 heavy (non-hydrogen) atoms. The van der Waals surface area contributed by atoms with Gasteiger partial charge in [-0.1, -0.05) is 18.2 Å². The lowest BCUT2D eigenvalue weighted by molar-refractivity contribution is 0.189. The number of nitrogens with zero attached hydrogens (tertiary/aromatic N) is 6. The van der Waals surface area contributed by atoms with E-state index in [-0.39, 0.29) is 0 Å². The first kappa shape index (κ1) is 22.5. The fourth-order valence-electron chi connectivity index (χ4n) is 4.94. The molecule has 2 bridgehead atoms. The van der Waals surface area contributed by atoms with Crippen molar-refractivity contribution in [2.75, 3.05) is 23.7 Å². The summed E-state index contributed by atoms with van der Waals surface area (Å²) in [6.45, 7) is 5.22. The Morgan fingerprint density at radius 2 is 1.58 bits per heavy atom. The van der Waals surface area contributed by atoms with E-state index in [0.29, 0.717) is 35.5 Å². The van der Waals surface area contributed by atoms with E-state index in [1.54, 1.807) is 18.5 Å². The van der Waals surface area contributed by atoms with Gasteiger partial charge in [-0.3, -0.25) is 4.90 Å². The Morgan fingerprint density at radius 1 is 0.833 bits per heavy atom. The molecule has 9 heteroatoms. The van der Waals surface area contributed by atoms with Crippen molar-refractivity contribution in [3.8, 4) is 11.5 Å². The first-order valence-electron chi connectivity index (χ1n) is 12.4. The molecule has 2 unspecified atom stereocenters. The fraction of sp³-hybridized carbons (Fsp3) is 0.296. The highest BCUT2D eigenvalue weighted by Crippen LogP contribution is 2.23. The zero-order valence-corrected chi connectivity index (χ0v) is 20.2. The highest BCUT2D eigenvalue weighted by Gasteiger charge is 2.31. The minimum absolute atomic E-state index is 0.515. The molecule has 182 valence electrons. The summed E-state index contributed by atoms with van der Waals surface area (Å²) in [6.07, 6.45) is 6.04. The maximum atomic E-state index is 4.59. The molecule has 0 amide bonds. The van der Waals surface area contributed by atoms with Gasteiger partial charge in [0.1, 0.15) is 17.3 Å². The second-order valence-electron chi connectivity index (χ2n) is 9.47. The summed E-state index contributed by atoms with van der Waals surface area (Å²) in [7, 11) is 0. The first-order chi connectivity index (χ1) is 17.7. The molecule has 0 saturated carbocycles. The Hall–Kier alpha value is -3.95. The quantitative estimate of drug-likeness (QED) is 0.362. The number of nitrogens with one attached hydrogen (secondary N) is 3. The largest absolute Gasteiger partial charge is 0.325 e. The molecule has 4 aromatic rings. The number of aromatic nitrogens is 5. The van der Waals surface area contributed by atoms with Crippen molar-refractivity contribution >= 4 is 23.3 Å². The summed E-state index contributed by atoms with van der Waals surface area (Å²) in [4.78, 5) is 25.0. The number of pyridine rings is 1. The number of benzene rings is 1. The lowest BCUT2D eigenvalue weighted by atomic mass is 10.1. The molecule has 3 N–H and O–H groups in total. The van der Waals surface area contributed by atoms with Crippen molar-refractivity contribution in [3.05, 3.63) is 78.2 Å². The molecule has 1 aromatic carbocycles. The van der Waals surface area contributed by atoms with Gasteiger partial charge in [-0.05, 0) is 61.7 Å². The summed E-state index contributed by atoms with van der Waals surface area (Å²) < 4.78 is 0. The van der Waals surface area contributed by atoms with Crippen molar-refractivity contribution in [2.45, 2.75) is 38.4 Å². The van der Waals surface area contributed by atoms with Gasteiger partial charge in [0.15, 0.2) is 5.82 Å². The highest BCUT2D eigenvalue weighted by atomic mass is 15.2. The van der Waals surface area contributed by atoms with Crippen LogP contribution in [0.15, 0.2) is 67.0 Å². The predicted octanol–water partition coefficient (Wildman–Crippen LogP) is 4.06. The zero-order valence-electron chi connectivity index (χ0n) is 20.2. The summed E-state index contributed by atoms with van der Waals surface area (Å²) in [5.74, 6) is 2.35. The minimum atomic E-state index is 0.515. The van der Waals surface area contributed by atoms with Crippen LogP contribution in [0.1, 0.15) is 24.1 Å². The van der Waals surface area contributed by atoms with Gasteiger partial charge >= 0.3 is 0 Å². The second-order valence-corrected chi connectivity index (χ2v) is 9.47. The lowest BCUT2D eigenvalue weighted by Gasteiger charge is -2.32. The molecule has 9 nitrogen and oxygen atoms in total. The van der Waals surface area contributed by atoms with Crippen LogP contribution in [-0.4, -0.2) is 55.0 Å². The van der Waals surface area contributed by atoms with Gasteiger partial charge in [0.25, 0.3) is 0 Å². The molecule has 0 aliphatic carbocycles. The van der Waals surface area contributed by atoms with Crippen LogP contribution in [0.5, 0.6) is 0 Å². The number of aryl methyl sites for hydroxylation is 1. The van der Waals surface area contributed by atoms with Gasteiger partial charge < -0.3 is 16.0 Å². The minimum Gasteiger partial charge on any atom is -0.325 e. The maximum absolute atomic E-state index is 4.59. The Morgan fingerprint density at radius 3 is 2.36 bits per heavy atom.